The minimum absolute atomic E-state index is 0.146. The molecule has 19 heavy (non-hydrogen) atoms. The normalized spacial score (nSPS) is 10.7. The molecule has 0 atom stereocenters. The van der Waals surface area contributed by atoms with Crippen molar-refractivity contribution in [1.29, 1.82) is 0 Å². The van der Waals surface area contributed by atoms with Crippen LogP contribution in [0.5, 0.6) is 0 Å². The van der Waals surface area contributed by atoms with Crippen LogP contribution < -0.4 is 0 Å². The summed E-state index contributed by atoms with van der Waals surface area (Å²) < 4.78 is 1.85. The third kappa shape index (κ3) is 4.60. The number of hydrogen-bond donors (Lipinski definition) is 0. The summed E-state index contributed by atoms with van der Waals surface area (Å²) >= 11 is 15.7. The lowest BCUT2D eigenvalue weighted by atomic mass is 10.2. The number of Topliss-reactive ketones (excluding diaryl/α,β-unsaturated/α-hetero) is 1. The summed E-state index contributed by atoms with van der Waals surface area (Å²) in [6.45, 7) is 0. The lowest BCUT2D eigenvalue weighted by Crippen LogP contribution is -2.01. The predicted octanol–water partition coefficient (Wildman–Crippen LogP) is 6.04. The second-order valence-electron chi connectivity index (χ2n) is 3.78. The molecule has 0 saturated heterocycles. The van der Waals surface area contributed by atoms with E-state index < -0.39 is 0 Å². The number of carbonyl (C=O) groups is 1. The highest BCUT2D eigenvalue weighted by molar-refractivity contribution is 9.12. The van der Waals surface area contributed by atoms with Gasteiger partial charge in [-0.3, -0.25) is 4.79 Å². The highest BCUT2D eigenvalue weighted by Crippen LogP contribution is 2.32. The van der Waals surface area contributed by atoms with Gasteiger partial charge in [0, 0.05) is 16.3 Å². The van der Waals surface area contributed by atoms with E-state index in [-0.39, 0.29) is 5.78 Å². The van der Waals surface area contributed by atoms with E-state index in [9.17, 15) is 4.79 Å². The fourth-order valence-electron chi connectivity index (χ4n) is 1.45. The van der Waals surface area contributed by atoms with Gasteiger partial charge in [0.1, 0.15) is 0 Å². The highest BCUT2D eigenvalue weighted by Gasteiger charge is 2.13. The van der Waals surface area contributed by atoms with E-state index >= 15 is 0 Å². The summed E-state index contributed by atoms with van der Waals surface area (Å²) in [5.41, 5.74) is 1.92. The summed E-state index contributed by atoms with van der Waals surface area (Å²) in [7, 11) is 0. The summed E-state index contributed by atoms with van der Waals surface area (Å²) in [5, 5.41) is 0.733. The van der Waals surface area contributed by atoms with Crippen LogP contribution in [0.3, 0.4) is 0 Å². The minimum Gasteiger partial charge on any atom is -0.293 e. The van der Waals surface area contributed by atoms with Gasteiger partial charge in [-0.1, -0.05) is 23.7 Å². The average Bonchev–Trinajstić information content (AvgIpc) is 2.71. The summed E-state index contributed by atoms with van der Waals surface area (Å²) in [5.74, 6) is 1.43. The predicted molar refractivity (Wildman–Crippen MR) is 91.7 cm³/mol. The third-order valence-electron chi connectivity index (χ3n) is 2.37. The van der Waals surface area contributed by atoms with E-state index in [0.29, 0.717) is 5.75 Å². The Morgan fingerprint density at radius 1 is 1.26 bits per heavy atom. The van der Waals surface area contributed by atoms with E-state index in [4.69, 9.17) is 11.6 Å². The number of hydrogen-bond acceptors (Lipinski definition) is 3. The number of halogens is 3. The molecular formula is C13H9Br2ClOS2. The maximum atomic E-state index is 12.0. The van der Waals surface area contributed by atoms with Gasteiger partial charge in [-0.25, -0.2) is 0 Å². The molecule has 1 nitrogen and oxygen atoms in total. The van der Waals surface area contributed by atoms with Crippen LogP contribution in [0.25, 0.3) is 0 Å². The van der Waals surface area contributed by atoms with Gasteiger partial charge in [-0.2, -0.15) is 0 Å². The molecule has 0 radical (unpaired) electrons. The number of ketones is 1. The van der Waals surface area contributed by atoms with Gasteiger partial charge in [0.15, 0.2) is 5.78 Å². The minimum atomic E-state index is 0.146. The molecule has 0 amide bonds. The first-order chi connectivity index (χ1) is 9.06. The van der Waals surface area contributed by atoms with Crippen molar-refractivity contribution in [2.24, 2.45) is 0 Å². The molecule has 0 fully saturated rings. The van der Waals surface area contributed by atoms with Crippen LogP contribution in [0, 0.1) is 0 Å². The Morgan fingerprint density at radius 2 is 1.95 bits per heavy atom. The van der Waals surface area contributed by atoms with Crippen molar-refractivity contribution in [3.8, 4) is 0 Å². The summed E-state index contributed by atoms with van der Waals surface area (Å²) in [4.78, 5) is 12.0. The monoisotopic (exact) mass is 438 g/mol. The zero-order valence-corrected chi connectivity index (χ0v) is 15.2. The van der Waals surface area contributed by atoms with Crippen LogP contribution >= 0.6 is 66.6 Å². The maximum Gasteiger partial charge on any atom is 0.174 e. The van der Waals surface area contributed by atoms with E-state index in [1.165, 1.54) is 16.9 Å². The molecule has 1 aromatic carbocycles. The van der Waals surface area contributed by atoms with Gasteiger partial charge in [-0.15, -0.1) is 23.1 Å². The van der Waals surface area contributed by atoms with Gasteiger partial charge in [0.25, 0.3) is 0 Å². The van der Waals surface area contributed by atoms with Gasteiger partial charge in [-0.05, 0) is 55.6 Å². The molecule has 1 aromatic heterocycles. The maximum absolute atomic E-state index is 12.0. The van der Waals surface area contributed by atoms with Crippen molar-refractivity contribution in [2.45, 2.75) is 5.75 Å². The fraction of sp³-hybridized carbons (Fsp3) is 0.154. The summed E-state index contributed by atoms with van der Waals surface area (Å²) in [6.07, 6.45) is 0. The van der Waals surface area contributed by atoms with Crippen LogP contribution in [-0.2, 0) is 5.75 Å². The molecule has 0 unspecified atom stereocenters. The molecule has 100 valence electrons. The number of carbonyl (C=O) groups excluding carboxylic acids is 1. The largest absolute Gasteiger partial charge is 0.293 e. The molecule has 0 N–H and O–H groups in total. The number of benzene rings is 1. The Bertz CT molecular complexity index is 581. The molecule has 1 heterocycles. The topological polar surface area (TPSA) is 17.1 Å². The molecule has 0 aliphatic carbocycles. The SMILES string of the molecule is O=C(CSCc1ccc(Cl)cc1)c1cc(Br)sc1Br. The molecule has 0 aliphatic heterocycles. The van der Waals surface area contributed by atoms with Crippen molar-refractivity contribution in [1.82, 2.24) is 0 Å². The standard InChI is InChI=1S/C13H9Br2ClOS2/c14-12-5-10(13(15)19-12)11(17)7-18-6-8-1-3-9(16)4-2-8/h1-5H,6-7H2. The summed E-state index contributed by atoms with van der Waals surface area (Å²) in [6, 6.07) is 9.56. The first-order valence-corrected chi connectivity index (χ1v) is 9.30. The van der Waals surface area contributed by atoms with Crippen LogP contribution in [0.1, 0.15) is 15.9 Å². The molecule has 0 bridgehead atoms. The quantitative estimate of drug-likeness (QED) is 0.527. The van der Waals surface area contributed by atoms with Crippen molar-refractivity contribution in [3.05, 3.63) is 54.1 Å². The molecule has 0 saturated carbocycles. The number of thioether (sulfide) groups is 1. The van der Waals surface area contributed by atoms with Crippen molar-refractivity contribution in [3.63, 3.8) is 0 Å². The molecule has 0 spiro atoms. The van der Waals surface area contributed by atoms with Crippen LogP contribution in [0.4, 0.5) is 0 Å². The third-order valence-corrected chi connectivity index (χ3v) is 5.97. The molecule has 6 heteroatoms. The van der Waals surface area contributed by atoms with Crippen molar-refractivity contribution in [2.75, 3.05) is 5.75 Å². The lowest BCUT2D eigenvalue weighted by Gasteiger charge is -2.01. The van der Waals surface area contributed by atoms with Crippen LogP contribution in [-0.4, -0.2) is 11.5 Å². The van der Waals surface area contributed by atoms with Gasteiger partial charge in [0.2, 0.25) is 0 Å². The highest BCUT2D eigenvalue weighted by atomic mass is 79.9. The molecular weight excluding hydrogens is 432 g/mol. The Kier molecular flexibility index (Phi) is 5.96. The van der Waals surface area contributed by atoms with Crippen molar-refractivity contribution >= 4 is 72.3 Å². The van der Waals surface area contributed by atoms with E-state index in [2.05, 4.69) is 31.9 Å². The van der Waals surface area contributed by atoms with Crippen LogP contribution in [0.2, 0.25) is 5.02 Å². The first kappa shape index (κ1) is 15.6. The molecule has 0 aliphatic rings. The second kappa shape index (κ2) is 7.27. The van der Waals surface area contributed by atoms with E-state index in [1.54, 1.807) is 11.8 Å². The first-order valence-electron chi connectivity index (χ1n) is 5.36. The molecule has 2 rings (SSSR count). The Morgan fingerprint density at radius 3 is 2.53 bits per heavy atom. The van der Waals surface area contributed by atoms with E-state index in [0.717, 1.165) is 23.9 Å². The fourth-order valence-corrected chi connectivity index (χ4v) is 5.30. The smallest absolute Gasteiger partial charge is 0.174 e. The Labute approximate surface area is 142 Å². The number of thiophene rings is 1. The second-order valence-corrected chi connectivity index (χ2v) is 8.95. The van der Waals surface area contributed by atoms with Gasteiger partial charge in [0.05, 0.1) is 13.3 Å². The van der Waals surface area contributed by atoms with E-state index in [1.807, 2.05) is 30.3 Å². The van der Waals surface area contributed by atoms with Gasteiger partial charge < -0.3 is 0 Å². The zero-order chi connectivity index (χ0) is 13.8. The Balaban J connectivity index is 1.87. The Hall–Kier alpha value is 0.190. The average molecular weight is 441 g/mol. The zero-order valence-electron chi connectivity index (χ0n) is 9.66. The van der Waals surface area contributed by atoms with Gasteiger partial charge >= 0.3 is 0 Å². The molecule has 2 aromatic rings. The van der Waals surface area contributed by atoms with Crippen molar-refractivity contribution < 1.29 is 4.79 Å². The number of rotatable bonds is 5. The van der Waals surface area contributed by atoms with Crippen LogP contribution in [0.15, 0.2) is 37.9 Å². The lowest BCUT2D eigenvalue weighted by molar-refractivity contribution is 0.102.